The Morgan fingerprint density at radius 1 is 1.07 bits per heavy atom. The number of aliphatic hydroxyl groups excluding tert-OH is 1. The quantitative estimate of drug-likeness (QED) is 0.490. The molecule has 2 aromatic heterocycles. The number of hydrogen-bond acceptors (Lipinski definition) is 4. The summed E-state index contributed by atoms with van der Waals surface area (Å²) in [4.78, 5) is 8.65. The number of aliphatic hydroxyl groups is 1. The largest absolute Gasteiger partial charge is 0.416 e. The average Bonchev–Trinajstić information content (AvgIpc) is 3.13. The smallest absolute Gasteiger partial charge is 0.392 e. The van der Waals surface area contributed by atoms with E-state index in [4.69, 9.17) is 0 Å². The van der Waals surface area contributed by atoms with Crippen LogP contribution in [0.5, 0.6) is 0 Å². The van der Waals surface area contributed by atoms with Crippen molar-refractivity contribution >= 4 is 16.9 Å². The van der Waals surface area contributed by atoms with Crippen molar-refractivity contribution in [1.29, 1.82) is 0 Å². The predicted octanol–water partition coefficient (Wildman–Crippen LogP) is 4.90. The van der Waals surface area contributed by atoms with Gasteiger partial charge in [-0.2, -0.15) is 13.2 Å². The molecule has 0 fully saturated rings. The van der Waals surface area contributed by atoms with Crippen molar-refractivity contribution in [3.05, 3.63) is 72.7 Å². The third-order valence-electron chi connectivity index (χ3n) is 4.68. The first-order valence-corrected chi connectivity index (χ1v) is 9.35. The van der Waals surface area contributed by atoms with Crippen LogP contribution in [0.1, 0.15) is 12.5 Å². The molecule has 4 rings (SSSR count). The highest BCUT2D eigenvalue weighted by molar-refractivity contribution is 6.02. The van der Waals surface area contributed by atoms with Gasteiger partial charge in [0.05, 0.1) is 17.1 Å². The lowest BCUT2D eigenvalue weighted by molar-refractivity contribution is -0.137. The Balaban J connectivity index is 1.95. The first-order valence-electron chi connectivity index (χ1n) is 9.35. The third kappa shape index (κ3) is 3.86. The number of hydrogen-bond donors (Lipinski definition) is 2. The van der Waals surface area contributed by atoms with E-state index >= 15 is 0 Å². The van der Waals surface area contributed by atoms with E-state index < -0.39 is 17.8 Å². The van der Waals surface area contributed by atoms with E-state index in [0.717, 1.165) is 23.3 Å². The van der Waals surface area contributed by atoms with Gasteiger partial charge in [-0.3, -0.25) is 0 Å². The van der Waals surface area contributed by atoms with Gasteiger partial charge in [0, 0.05) is 24.0 Å². The van der Waals surface area contributed by atoms with E-state index in [-0.39, 0.29) is 6.54 Å². The monoisotopic (exact) mass is 412 g/mol. The van der Waals surface area contributed by atoms with Crippen molar-refractivity contribution in [2.75, 3.05) is 11.9 Å². The fourth-order valence-electron chi connectivity index (χ4n) is 3.31. The van der Waals surface area contributed by atoms with Crippen LogP contribution in [-0.2, 0) is 6.18 Å². The van der Waals surface area contributed by atoms with Gasteiger partial charge in [0.25, 0.3) is 0 Å². The zero-order valence-corrected chi connectivity index (χ0v) is 16.1. The van der Waals surface area contributed by atoms with Crippen LogP contribution in [-0.4, -0.2) is 32.3 Å². The van der Waals surface area contributed by atoms with Crippen LogP contribution in [0.4, 0.5) is 19.0 Å². The molecule has 0 aliphatic heterocycles. The molecule has 0 aliphatic rings. The molecule has 0 unspecified atom stereocenters. The summed E-state index contributed by atoms with van der Waals surface area (Å²) in [5.74, 6) is 0.505. The number of benzene rings is 2. The molecule has 8 heteroatoms. The summed E-state index contributed by atoms with van der Waals surface area (Å²) in [6.45, 7) is 1.92. The molecule has 0 amide bonds. The van der Waals surface area contributed by atoms with E-state index in [9.17, 15) is 18.3 Å². The Morgan fingerprint density at radius 2 is 1.83 bits per heavy atom. The number of fused-ring (bicyclic) bond motifs is 1. The average molecular weight is 412 g/mol. The van der Waals surface area contributed by atoms with Crippen LogP contribution >= 0.6 is 0 Å². The summed E-state index contributed by atoms with van der Waals surface area (Å²) >= 11 is 0. The number of halogens is 3. The maximum Gasteiger partial charge on any atom is 0.416 e. The lowest BCUT2D eigenvalue weighted by Gasteiger charge is -2.11. The normalized spacial score (nSPS) is 12.8. The van der Waals surface area contributed by atoms with Crippen molar-refractivity contribution in [2.45, 2.75) is 19.2 Å². The van der Waals surface area contributed by atoms with Gasteiger partial charge in [0.15, 0.2) is 5.65 Å². The Morgan fingerprint density at radius 3 is 2.53 bits per heavy atom. The van der Waals surface area contributed by atoms with Crippen LogP contribution < -0.4 is 5.32 Å². The van der Waals surface area contributed by atoms with Gasteiger partial charge in [0.2, 0.25) is 0 Å². The molecule has 0 radical (unpaired) electrons. The van der Waals surface area contributed by atoms with Crippen LogP contribution in [0.3, 0.4) is 0 Å². The number of alkyl halides is 3. The molecule has 5 nitrogen and oxygen atoms in total. The number of anilines is 1. The summed E-state index contributed by atoms with van der Waals surface area (Å²) in [5, 5.41) is 13.4. The topological polar surface area (TPSA) is 63.0 Å². The zero-order chi connectivity index (χ0) is 21.3. The molecule has 2 heterocycles. The minimum absolute atomic E-state index is 0.273. The Kier molecular flexibility index (Phi) is 5.17. The first kappa shape index (κ1) is 19.9. The van der Waals surface area contributed by atoms with Crippen LogP contribution in [0, 0.1) is 0 Å². The number of rotatable bonds is 5. The predicted molar refractivity (Wildman–Crippen MR) is 109 cm³/mol. The van der Waals surface area contributed by atoms with Crippen LogP contribution in [0.25, 0.3) is 27.8 Å². The van der Waals surface area contributed by atoms with Crippen molar-refractivity contribution in [1.82, 2.24) is 14.5 Å². The molecule has 0 saturated heterocycles. The van der Waals surface area contributed by atoms with Crippen molar-refractivity contribution in [3.8, 4) is 16.8 Å². The second-order valence-electron chi connectivity index (χ2n) is 6.98. The van der Waals surface area contributed by atoms with Gasteiger partial charge in [-0.1, -0.05) is 36.4 Å². The number of nitrogens with zero attached hydrogens (tertiary/aromatic N) is 3. The second kappa shape index (κ2) is 7.79. The first-order chi connectivity index (χ1) is 14.3. The maximum absolute atomic E-state index is 13.2. The summed E-state index contributed by atoms with van der Waals surface area (Å²) in [7, 11) is 0. The van der Waals surface area contributed by atoms with E-state index in [2.05, 4.69) is 15.3 Å². The second-order valence-corrected chi connectivity index (χ2v) is 6.98. The van der Waals surface area contributed by atoms with E-state index in [0.29, 0.717) is 22.5 Å². The highest BCUT2D eigenvalue weighted by atomic mass is 19.4. The molecule has 4 aromatic rings. The lowest BCUT2D eigenvalue weighted by atomic mass is 10.1. The van der Waals surface area contributed by atoms with Crippen LogP contribution in [0.2, 0.25) is 0 Å². The molecule has 0 spiro atoms. The van der Waals surface area contributed by atoms with Gasteiger partial charge in [-0.05, 0) is 30.7 Å². The summed E-state index contributed by atoms with van der Waals surface area (Å²) < 4.78 is 41.3. The van der Waals surface area contributed by atoms with Gasteiger partial charge >= 0.3 is 6.18 Å². The highest BCUT2D eigenvalue weighted by Crippen LogP contribution is 2.36. The lowest BCUT2D eigenvalue weighted by Crippen LogP contribution is -2.16. The summed E-state index contributed by atoms with van der Waals surface area (Å²) in [5.41, 5.74) is 1.73. The zero-order valence-electron chi connectivity index (χ0n) is 16.1. The Bertz CT molecular complexity index is 1170. The molecule has 2 N–H and O–H groups in total. The minimum Gasteiger partial charge on any atom is -0.392 e. The molecular weight excluding hydrogens is 393 g/mol. The minimum atomic E-state index is -4.44. The number of nitrogens with one attached hydrogen (secondary N) is 1. The Hall–Kier alpha value is -3.39. The molecule has 0 bridgehead atoms. The molecule has 0 saturated carbocycles. The fourth-order valence-corrected chi connectivity index (χ4v) is 3.31. The Labute approximate surface area is 170 Å². The highest BCUT2D eigenvalue weighted by Gasteiger charge is 2.30. The molecule has 154 valence electrons. The SMILES string of the molecule is C[C@@H](O)CNc1ncnc2c1c(-c1ccccc1)cn2-c1cccc(C(F)(F)F)c1. The maximum atomic E-state index is 13.2. The molecule has 30 heavy (non-hydrogen) atoms. The van der Waals surface area contributed by atoms with E-state index in [1.807, 2.05) is 30.3 Å². The summed E-state index contributed by atoms with van der Waals surface area (Å²) in [6, 6.07) is 14.6. The van der Waals surface area contributed by atoms with Crippen molar-refractivity contribution < 1.29 is 18.3 Å². The molecule has 2 aromatic carbocycles. The number of aromatic nitrogens is 3. The van der Waals surface area contributed by atoms with Gasteiger partial charge in [-0.15, -0.1) is 0 Å². The van der Waals surface area contributed by atoms with Crippen LogP contribution in [0.15, 0.2) is 67.1 Å². The standard InChI is InChI=1S/C22H19F3N4O/c1-14(30)11-26-20-19-18(15-6-3-2-4-7-15)12-29(21(19)28-13-27-20)17-9-5-8-16(10-17)22(23,24)25/h2-10,12-14,30H,11H2,1H3,(H,26,27,28)/t14-/m1/s1. The van der Waals surface area contributed by atoms with Gasteiger partial charge < -0.3 is 15.0 Å². The van der Waals surface area contributed by atoms with Crippen molar-refractivity contribution in [3.63, 3.8) is 0 Å². The van der Waals surface area contributed by atoms with E-state index in [1.165, 1.54) is 12.4 Å². The molecular formula is C22H19F3N4O. The molecule has 0 aliphatic carbocycles. The molecule has 1 atom stereocenters. The van der Waals surface area contributed by atoms with Gasteiger partial charge in [-0.25, -0.2) is 9.97 Å². The third-order valence-corrected chi connectivity index (χ3v) is 4.68. The fraction of sp³-hybridized carbons (Fsp3) is 0.182. The van der Waals surface area contributed by atoms with Gasteiger partial charge in [0.1, 0.15) is 12.1 Å². The van der Waals surface area contributed by atoms with E-state index in [1.54, 1.807) is 23.8 Å². The van der Waals surface area contributed by atoms with Crippen molar-refractivity contribution in [2.24, 2.45) is 0 Å². The summed E-state index contributed by atoms with van der Waals surface area (Å²) in [6.07, 6.45) is -1.93.